The third kappa shape index (κ3) is 3.32. The van der Waals surface area contributed by atoms with E-state index in [1.54, 1.807) is 24.3 Å². The number of para-hydroxylation sites is 1. The molecule has 0 heterocycles. The predicted molar refractivity (Wildman–Crippen MR) is 79.0 cm³/mol. The van der Waals surface area contributed by atoms with Gasteiger partial charge in [0.2, 0.25) is 5.91 Å². The Bertz CT molecular complexity index is 783. The van der Waals surface area contributed by atoms with Crippen LogP contribution in [-0.4, -0.2) is 20.6 Å². The second-order valence-corrected chi connectivity index (χ2v) is 6.41. The average molecular weight is 306 g/mol. The Morgan fingerprint density at radius 3 is 2.24 bits per heavy atom. The summed E-state index contributed by atoms with van der Waals surface area (Å²) >= 11 is 0. The number of primary amides is 1. The molecule has 2 aromatic carbocycles. The van der Waals surface area contributed by atoms with Gasteiger partial charge in [0.05, 0.1) is 10.6 Å². The van der Waals surface area contributed by atoms with Crippen LogP contribution in [0.1, 0.15) is 10.4 Å². The molecule has 4 N–H and O–H groups in total. The van der Waals surface area contributed by atoms with Crippen molar-refractivity contribution in [2.45, 2.75) is 4.90 Å². The molecule has 7 heteroatoms. The first kappa shape index (κ1) is 14.9. The first-order valence-electron chi connectivity index (χ1n) is 5.95. The molecule has 0 aromatic heterocycles. The van der Waals surface area contributed by atoms with E-state index < -0.39 is 15.7 Å². The number of rotatable bonds is 4. The van der Waals surface area contributed by atoms with Crippen molar-refractivity contribution in [3.05, 3.63) is 48.0 Å². The highest BCUT2D eigenvalue weighted by atomic mass is 32.2. The van der Waals surface area contributed by atoms with E-state index in [2.05, 4.69) is 0 Å². The molecule has 21 heavy (non-hydrogen) atoms. The summed E-state index contributed by atoms with van der Waals surface area (Å²) in [6.07, 6.45) is 1.07. The maximum Gasteiger partial charge on any atom is 0.248 e. The fourth-order valence-electron chi connectivity index (χ4n) is 1.75. The number of ether oxygens (including phenoxy) is 1. The summed E-state index contributed by atoms with van der Waals surface area (Å²) in [4.78, 5) is 11.0. The lowest BCUT2D eigenvalue weighted by Crippen LogP contribution is -2.10. The number of carbonyl (C=O) groups is 1. The van der Waals surface area contributed by atoms with Gasteiger partial charge in [-0.2, -0.15) is 0 Å². The number of benzene rings is 2. The number of nitrogen functional groups attached to an aromatic ring is 1. The summed E-state index contributed by atoms with van der Waals surface area (Å²) < 4.78 is 28.7. The van der Waals surface area contributed by atoms with Crippen LogP contribution in [-0.2, 0) is 9.84 Å². The van der Waals surface area contributed by atoms with Crippen LogP contribution in [0.5, 0.6) is 11.5 Å². The highest BCUT2D eigenvalue weighted by Gasteiger charge is 2.15. The van der Waals surface area contributed by atoms with E-state index in [9.17, 15) is 13.2 Å². The topological polar surface area (TPSA) is 112 Å². The van der Waals surface area contributed by atoms with Gasteiger partial charge in [-0.05, 0) is 36.4 Å². The molecular formula is C14H14N2O4S. The van der Waals surface area contributed by atoms with Gasteiger partial charge in [-0.25, -0.2) is 8.42 Å². The summed E-state index contributed by atoms with van der Waals surface area (Å²) in [7, 11) is -3.43. The number of hydrogen-bond donors (Lipinski definition) is 2. The van der Waals surface area contributed by atoms with Crippen LogP contribution in [0.3, 0.4) is 0 Å². The van der Waals surface area contributed by atoms with E-state index in [1.165, 1.54) is 18.2 Å². The summed E-state index contributed by atoms with van der Waals surface area (Å²) in [6.45, 7) is 0. The molecule has 0 radical (unpaired) electrons. The largest absolute Gasteiger partial charge is 0.455 e. The van der Waals surface area contributed by atoms with Crippen molar-refractivity contribution in [2.75, 3.05) is 12.0 Å². The van der Waals surface area contributed by atoms with E-state index in [-0.39, 0.29) is 16.3 Å². The first-order chi connectivity index (χ1) is 9.79. The van der Waals surface area contributed by atoms with Crippen molar-refractivity contribution in [3.63, 3.8) is 0 Å². The van der Waals surface area contributed by atoms with Crippen LogP contribution in [0.25, 0.3) is 0 Å². The number of anilines is 1. The van der Waals surface area contributed by atoms with E-state index in [0.29, 0.717) is 11.3 Å². The molecule has 6 nitrogen and oxygen atoms in total. The smallest absolute Gasteiger partial charge is 0.248 e. The highest BCUT2D eigenvalue weighted by molar-refractivity contribution is 7.90. The molecule has 0 saturated carbocycles. The summed E-state index contributed by atoms with van der Waals surface area (Å²) in [6, 6.07) is 10.6. The monoisotopic (exact) mass is 306 g/mol. The zero-order valence-corrected chi connectivity index (χ0v) is 12.1. The van der Waals surface area contributed by atoms with E-state index in [4.69, 9.17) is 16.2 Å². The Labute approximate surface area is 122 Å². The van der Waals surface area contributed by atoms with Gasteiger partial charge < -0.3 is 16.2 Å². The van der Waals surface area contributed by atoms with Crippen LogP contribution in [0.2, 0.25) is 0 Å². The van der Waals surface area contributed by atoms with Crippen molar-refractivity contribution >= 4 is 21.4 Å². The van der Waals surface area contributed by atoms with Crippen molar-refractivity contribution in [2.24, 2.45) is 5.73 Å². The Balaban J connectivity index is 2.34. The van der Waals surface area contributed by atoms with Crippen molar-refractivity contribution in [3.8, 4) is 11.5 Å². The standard InChI is InChI=1S/C14H14N2O4S/c1-21(18,19)12-4-2-3-11(13(12)15)20-10-7-5-9(6-8-10)14(16)17/h2-8H,15H2,1H3,(H2,16,17). The number of sulfone groups is 1. The molecule has 0 fully saturated rings. The third-order valence-electron chi connectivity index (χ3n) is 2.79. The van der Waals surface area contributed by atoms with Gasteiger partial charge in [0.15, 0.2) is 15.6 Å². The number of carbonyl (C=O) groups excluding carboxylic acids is 1. The molecule has 0 saturated heterocycles. The van der Waals surface area contributed by atoms with E-state index >= 15 is 0 Å². The Hall–Kier alpha value is -2.54. The lowest BCUT2D eigenvalue weighted by Gasteiger charge is -2.11. The zero-order valence-electron chi connectivity index (χ0n) is 11.2. The quantitative estimate of drug-likeness (QED) is 0.832. The molecule has 2 rings (SSSR count). The number of amides is 1. The average Bonchev–Trinajstić information content (AvgIpc) is 2.40. The lowest BCUT2D eigenvalue weighted by molar-refractivity contribution is 0.100. The minimum Gasteiger partial charge on any atom is -0.455 e. The predicted octanol–water partition coefficient (Wildman–Crippen LogP) is 1.56. The van der Waals surface area contributed by atoms with Crippen LogP contribution in [0, 0.1) is 0 Å². The van der Waals surface area contributed by atoms with Crippen molar-refractivity contribution in [1.29, 1.82) is 0 Å². The second-order valence-electron chi connectivity index (χ2n) is 4.43. The van der Waals surface area contributed by atoms with Crippen LogP contribution >= 0.6 is 0 Å². The van der Waals surface area contributed by atoms with Crippen molar-refractivity contribution < 1.29 is 17.9 Å². The molecule has 0 aliphatic carbocycles. The van der Waals surface area contributed by atoms with Gasteiger partial charge in [0, 0.05) is 11.8 Å². The number of nitrogens with two attached hydrogens (primary N) is 2. The Morgan fingerprint density at radius 1 is 1.10 bits per heavy atom. The summed E-state index contributed by atoms with van der Waals surface area (Å²) in [5.74, 6) is 0.0993. The first-order valence-corrected chi connectivity index (χ1v) is 7.84. The lowest BCUT2D eigenvalue weighted by atomic mass is 10.2. The van der Waals surface area contributed by atoms with Gasteiger partial charge in [-0.15, -0.1) is 0 Å². The Morgan fingerprint density at radius 2 is 1.71 bits per heavy atom. The minimum absolute atomic E-state index is 0.00811. The molecule has 0 aliphatic heterocycles. The van der Waals surface area contributed by atoms with Gasteiger partial charge in [-0.3, -0.25) is 4.79 Å². The molecular weight excluding hydrogens is 292 g/mol. The van der Waals surface area contributed by atoms with Crippen LogP contribution < -0.4 is 16.2 Å². The molecule has 0 bridgehead atoms. The maximum atomic E-state index is 11.6. The molecule has 0 spiro atoms. The SMILES string of the molecule is CS(=O)(=O)c1cccc(Oc2ccc(C(N)=O)cc2)c1N. The van der Waals surface area contributed by atoms with E-state index in [0.717, 1.165) is 6.26 Å². The zero-order chi connectivity index (χ0) is 15.6. The second kappa shape index (κ2) is 5.45. The molecule has 2 aromatic rings. The summed E-state index contributed by atoms with van der Waals surface area (Å²) in [5.41, 5.74) is 11.3. The molecule has 0 atom stereocenters. The van der Waals surface area contributed by atoms with Gasteiger partial charge in [0.25, 0.3) is 0 Å². The minimum atomic E-state index is -3.43. The van der Waals surface area contributed by atoms with Gasteiger partial charge >= 0.3 is 0 Å². The third-order valence-corrected chi connectivity index (χ3v) is 3.95. The van der Waals surface area contributed by atoms with Crippen LogP contribution in [0.4, 0.5) is 5.69 Å². The summed E-state index contributed by atoms with van der Waals surface area (Å²) in [5, 5.41) is 0. The molecule has 110 valence electrons. The fraction of sp³-hybridized carbons (Fsp3) is 0.0714. The normalized spacial score (nSPS) is 11.1. The maximum absolute atomic E-state index is 11.6. The van der Waals surface area contributed by atoms with Gasteiger partial charge in [0.1, 0.15) is 5.75 Å². The van der Waals surface area contributed by atoms with Crippen molar-refractivity contribution in [1.82, 2.24) is 0 Å². The van der Waals surface area contributed by atoms with E-state index in [1.807, 2.05) is 0 Å². The number of hydrogen-bond acceptors (Lipinski definition) is 5. The van der Waals surface area contributed by atoms with Gasteiger partial charge in [-0.1, -0.05) is 6.07 Å². The fourth-order valence-corrected chi connectivity index (χ4v) is 2.58. The Kier molecular flexibility index (Phi) is 3.86. The molecule has 1 amide bonds. The highest BCUT2D eigenvalue weighted by Crippen LogP contribution is 2.32. The molecule has 0 aliphatic rings. The van der Waals surface area contributed by atoms with Crippen LogP contribution in [0.15, 0.2) is 47.4 Å². The molecule has 0 unspecified atom stereocenters.